The molecule has 3 N–H and O–H groups in total. The van der Waals surface area contributed by atoms with Crippen LogP contribution in [0.5, 0.6) is 5.75 Å². The van der Waals surface area contributed by atoms with Gasteiger partial charge in [-0.3, -0.25) is 14.4 Å². The van der Waals surface area contributed by atoms with Crippen LogP contribution in [0.2, 0.25) is 0 Å². The standard InChI is InChI=1S/C33H31N3O4S/c1-22-16-17-27(18-23(22)2)34-31(37)21-41-28-14-9-13-26(20-28)35-33(39)29(19-25-12-7-8-15-30(25)40-3)36-32(38)24-10-5-4-6-11-24/h4-20H,21H2,1-3H3,(H,34,37)(H,35,39)(H,36,38)/b29-19+. The van der Waals surface area contributed by atoms with Gasteiger partial charge in [-0.1, -0.05) is 48.5 Å². The van der Waals surface area contributed by atoms with Crippen LogP contribution in [0.4, 0.5) is 11.4 Å². The second-order valence-corrected chi connectivity index (χ2v) is 10.3. The number of carbonyl (C=O) groups excluding carboxylic acids is 3. The second-order valence-electron chi connectivity index (χ2n) is 9.24. The van der Waals surface area contributed by atoms with Gasteiger partial charge in [-0.25, -0.2) is 0 Å². The zero-order valence-electron chi connectivity index (χ0n) is 23.1. The number of anilines is 2. The Hall–Kier alpha value is -4.82. The average molecular weight is 566 g/mol. The fourth-order valence-corrected chi connectivity index (χ4v) is 4.67. The van der Waals surface area contributed by atoms with Crippen molar-refractivity contribution >= 4 is 46.9 Å². The number of rotatable bonds is 10. The number of para-hydroxylation sites is 1. The Labute approximate surface area is 244 Å². The third kappa shape index (κ3) is 8.33. The van der Waals surface area contributed by atoms with E-state index in [2.05, 4.69) is 16.0 Å². The first kappa shape index (κ1) is 29.2. The highest BCUT2D eigenvalue weighted by Gasteiger charge is 2.16. The van der Waals surface area contributed by atoms with Gasteiger partial charge in [0.25, 0.3) is 11.8 Å². The summed E-state index contributed by atoms with van der Waals surface area (Å²) in [4.78, 5) is 39.7. The largest absolute Gasteiger partial charge is 0.496 e. The average Bonchev–Trinajstić information content (AvgIpc) is 2.98. The lowest BCUT2D eigenvalue weighted by Gasteiger charge is -2.13. The highest BCUT2D eigenvalue weighted by atomic mass is 32.2. The number of carbonyl (C=O) groups is 3. The summed E-state index contributed by atoms with van der Waals surface area (Å²) in [6.45, 7) is 4.03. The summed E-state index contributed by atoms with van der Waals surface area (Å²) in [6.07, 6.45) is 1.57. The Morgan fingerprint density at radius 3 is 2.27 bits per heavy atom. The first-order chi connectivity index (χ1) is 19.8. The van der Waals surface area contributed by atoms with E-state index in [9.17, 15) is 14.4 Å². The third-order valence-corrected chi connectivity index (χ3v) is 7.21. The van der Waals surface area contributed by atoms with Crippen molar-refractivity contribution in [3.8, 4) is 5.75 Å². The SMILES string of the molecule is COc1ccccc1/C=C(/NC(=O)c1ccccc1)C(=O)Nc1cccc(SCC(=O)Nc2ccc(C)c(C)c2)c1. The number of benzene rings is 4. The molecule has 4 rings (SSSR count). The molecule has 0 fully saturated rings. The number of thioether (sulfide) groups is 1. The second kappa shape index (κ2) is 14.0. The molecule has 0 radical (unpaired) electrons. The third-order valence-electron chi connectivity index (χ3n) is 6.22. The molecule has 7 nitrogen and oxygen atoms in total. The Balaban J connectivity index is 1.47. The lowest BCUT2D eigenvalue weighted by Crippen LogP contribution is -2.30. The van der Waals surface area contributed by atoms with Crippen molar-refractivity contribution in [1.82, 2.24) is 5.32 Å². The van der Waals surface area contributed by atoms with Crippen LogP contribution in [0.1, 0.15) is 27.0 Å². The van der Waals surface area contributed by atoms with E-state index in [1.54, 1.807) is 67.8 Å². The lowest BCUT2D eigenvalue weighted by atomic mass is 10.1. The van der Waals surface area contributed by atoms with Crippen molar-refractivity contribution in [3.63, 3.8) is 0 Å². The maximum Gasteiger partial charge on any atom is 0.272 e. The molecule has 0 heterocycles. The molecule has 0 aliphatic carbocycles. The molecule has 4 aromatic carbocycles. The van der Waals surface area contributed by atoms with Crippen LogP contribution < -0.4 is 20.7 Å². The van der Waals surface area contributed by atoms with Crippen LogP contribution in [0.25, 0.3) is 6.08 Å². The molecule has 0 aromatic heterocycles. The summed E-state index contributed by atoms with van der Waals surface area (Å²) in [6, 6.07) is 28.9. The van der Waals surface area contributed by atoms with Crippen molar-refractivity contribution in [2.45, 2.75) is 18.7 Å². The highest BCUT2D eigenvalue weighted by molar-refractivity contribution is 8.00. The van der Waals surface area contributed by atoms with Crippen LogP contribution in [-0.4, -0.2) is 30.6 Å². The molecule has 41 heavy (non-hydrogen) atoms. The molecular weight excluding hydrogens is 534 g/mol. The first-order valence-corrected chi connectivity index (χ1v) is 13.9. The van der Waals surface area contributed by atoms with E-state index in [4.69, 9.17) is 4.74 Å². The molecule has 0 atom stereocenters. The van der Waals surface area contributed by atoms with E-state index >= 15 is 0 Å². The number of hydrogen-bond acceptors (Lipinski definition) is 5. The summed E-state index contributed by atoms with van der Waals surface area (Å²) in [5.41, 5.74) is 4.65. The number of ether oxygens (including phenoxy) is 1. The lowest BCUT2D eigenvalue weighted by molar-refractivity contribution is -0.114. The summed E-state index contributed by atoms with van der Waals surface area (Å²) < 4.78 is 5.42. The molecule has 0 aliphatic rings. The smallest absolute Gasteiger partial charge is 0.272 e. The number of methoxy groups -OCH3 is 1. The predicted octanol–water partition coefficient (Wildman–Crippen LogP) is 6.45. The number of amides is 3. The van der Waals surface area contributed by atoms with Gasteiger partial charge in [-0.05, 0) is 79.6 Å². The van der Waals surface area contributed by atoms with Crippen molar-refractivity contribution in [2.75, 3.05) is 23.5 Å². The Bertz CT molecular complexity index is 1580. The Kier molecular flexibility index (Phi) is 9.96. The molecule has 4 aromatic rings. The maximum absolute atomic E-state index is 13.4. The Morgan fingerprint density at radius 1 is 0.780 bits per heavy atom. The fraction of sp³-hybridized carbons (Fsp3) is 0.121. The zero-order valence-corrected chi connectivity index (χ0v) is 23.9. The van der Waals surface area contributed by atoms with Gasteiger partial charge in [0, 0.05) is 27.4 Å². The van der Waals surface area contributed by atoms with E-state index in [1.807, 2.05) is 56.3 Å². The van der Waals surface area contributed by atoms with Gasteiger partial charge < -0.3 is 20.7 Å². The monoisotopic (exact) mass is 565 g/mol. The summed E-state index contributed by atoms with van der Waals surface area (Å²) >= 11 is 1.36. The quantitative estimate of drug-likeness (QED) is 0.152. The van der Waals surface area contributed by atoms with Gasteiger partial charge in [0.15, 0.2) is 0 Å². The van der Waals surface area contributed by atoms with E-state index < -0.39 is 11.8 Å². The Morgan fingerprint density at radius 2 is 1.51 bits per heavy atom. The van der Waals surface area contributed by atoms with Gasteiger partial charge >= 0.3 is 0 Å². The van der Waals surface area contributed by atoms with Crippen molar-refractivity contribution in [2.24, 2.45) is 0 Å². The zero-order chi connectivity index (χ0) is 29.2. The van der Waals surface area contributed by atoms with Gasteiger partial charge in [0.1, 0.15) is 11.4 Å². The number of nitrogens with one attached hydrogen (secondary N) is 3. The normalized spacial score (nSPS) is 11.0. The van der Waals surface area contributed by atoms with Crippen LogP contribution in [0.15, 0.2) is 108 Å². The van der Waals surface area contributed by atoms with Crippen LogP contribution in [0, 0.1) is 13.8 Å². The van der Waals surface area contributed by atoms with Crippen molar-refractivity contribution in [3.05, 3.63) is 125 Å². The molecule has 0 bridgehead atoms. The first-order valence-electron chi connectivity index (χ1n) is 12.9. The van der Waals surface area contributed by atoms with Crippen LogP contribution in [-0.2, 0) is 9.59 Å². The predicted molar refractivity (Wildman–Crippen MR) is 165 cm³/mol. The minimum atomic E-state index is -0.505. The van der Waals surface area contributed by atoms with Gasteiger partial charge in [0.2, 0.25) is 5.91 Å². The molecular formula is C33H31N3O4S. The molecule has 208 valence electrons. The van der Waals surface area contributed by atoms with Crippen LogP contribution >= 0.6 is 11.8 Å². The molecule has 8 heteroatoms. The molecule has 0 saturated heterocycles. The van der Waals surface area contributed by atoms with Gasteiger partial charge in [-0.2, -0.15) is 0 Å². The molecule has 0 saturated carbocycles. The summed E-state index contributed by atoms with van der Waals surface area (Å²) in [7, 11) is 1.54. The molecule has 3 amide bonds. The van der Waals surface area contributed by atoms with E-state index in [-0.39, 0.29) is 17.4 Å². The van der Waals surface area contributed by atoms with Gasteiger partial charge in [-0.15, -0.1) is 11.8 Å². The van der Waals surface area contributed by atoms with Crippen molar-refractivity contribution < 1.29 is 19.1 Å². The molecule has 0 aliphatic heterocycles. The molecule has 0 spiro atoms. The molecule has 0 unspecified atom stereocenters. The summed E-state index contributed by atoms with van der Waals surface area (Å²) in [5, 5.41) is 8.51. The maximum atomic E-state index is 13.4. The van der Waals surface area contributed by atoms with Gasteiger partial charge in [0.05, 0.1) is 12.9 Å². The minimum Gasteiger partial charge on any atom is -0.496 e. The van der Waals surface area contributed by atoms with E-state index in [0.717, 1.165) is 21.7 Å². The number of aryl methyl sites for hydroxylation is 2. The number of hydrogen-bond donors (Lipinski definition) is 3. The fourth-order valence-electron chi connectivity index (χ4n) is 3.91. The topological polar surface area (TPSA) is 96.5 Å². The minimum absolute atomic E-state index is 0.0502. The van der Waals surface area contributed by atoms with E-state index in [0.29, 0.717) is 22.6 Å². The van der Waals surface area contributed by atoms with Crippen molar-refractivity contribution in [1.29, 1.82) is 0 Å². The summed E-state index contributed by atoms with van der Waals surface area (Å²) in [5.74, 6) is -0.283. The van der Waals surface area contributed by atoms with E-state index in [1.165, 1.54) is 11.8 Å². The van der Waals surface area contributed by atoms with Crippen LogP contribution in [0.3, 0.4) is 0 Å². The highest BCUT2D eigenvalue weighted by Crippen LogP contribution is 2.24.